The fourth-order valence-corrected chi connectivity index (χ4v) is 4.11. The van der Waals surface area contributed by atoms with Gasteiger partial charge in [0.05, 0.1) is 11.0 Å². The van der Waals surface area contributed by atoms with Crippen LogP contribution in [0, 0.1) is 0 Å². The summed E-state index contributed by atoms with van der Waals surface area (Å²) in [4.78, 5) is 31.4. The Kier molecular flexibility index (Phi) is 9.48. The van der Waals surface area contributed by atoms with Gasteiger partial charge in [0.25, 0.3) is 0 Å². The summed E-state index contributed by atoms with van der Waals surface area (Å²) in [6.07, 6.45) is 5.04. The smallest absolute Gasteiger partial charge is 0.242 e. The predicted molar refractivity (Wildman–Crippen MR) is 133 cm³/mol. The molecular weight excluding hydrogens is 412 g/mol. The van der Waals surface area contributed by atoms with Crippen molar-refractivity contribution in [1.29, 1.82) is 0 Å². The number of likely N-dealkylation sites (N-methyl/N-ethyl adjacent to an activating group) is 1. The molecule has 0 aliphatic rings. The average Bonchev–Trinajstić information content (AvgIpc) is 3.18. The monoisotopic (exact) mass is 448 g/mol. The molecule has 0 unspecified atom stereocenters. The molecule has 0 spiro atoms. The van der Waals surface area contributed by atoms with Crippen LogP contribution in [0.3, 0.4) is 0 Å². The molecule has 2 amide bonds. The zero-order valence-corrected chi connectivity index (χ0v) is 19.9. The quantitative estimate of drug-likeness (QED) is 0.395. The zero-order chi connectivity index (χ0) is 23.5. The number of rotatable bonds is 13. The van der Waals surface area contributed by atoms with Crippen molar-refractivity contribution in [2.75, 3.05) is 19.6 Å². The second-order valence-corrected chi connectivity index (χ2v) is 8.32. The van der Waals surface area contributed by atoms with Gasteiger partial charge in [-0.1, -0.05) is 48.9 Å². The van der Waals surface area contributed by atoms with E-state index in [1.54, 1.807) is 0 Å². The SMILES string of the molecule is CCN(CC)C(=O)Cn1c(CCCCCNC(=O)CCc2ccccc2)nc2ccccc21. The highest BCUT2D eigenvalue weighted by molar-refractivity contribution is 5.81. The maximum atomic E-state index is 12.7. The Hall–Kier alpha value is -3.15. The fraction of sp³-hybridized carbons (Fsp3) is 0.444. The summed E-state index contributed by atoms with van der Waals surface area (Å²) >= 11 is 0. The van der Waals surface area contributed by atoms with Crippen LogP contribution in [-0.4, -0.2) is 45.9 Å². The molecule has 0 aliphatic carbocycles. The minimum absolute atomic E-state index is 0.107. The van der Waals surface area contributed by atoms with Gasteiger partial charge in [-0.2, -0.15) is 0 Å². The minimum atomic E-state index is 0.107. The van der Waals surface area contributed by atoms with Crippen LogP contribution < -0.4 is 5.32 Å². The lowest BCUT2D eigenvalue weighted by atomic mass is 10.1. The first-order valence-corrected chi connectivity index (χ1v) is 12.1. The number of carbonyl (C=O) groups excluding carboxylic acids is 2. The number of nitrogens with one attached hydrogen (secondary N) is 1. The standard InChI is InChI=1S/C27H36N4O2/c1-3-30(4-2)27(33)21-31-24-16-11-10-15-23(24)29-25(31)17-9-6-12-20-28-26(32)19-18-22-13-7-5-8-14-22/h5,7-8,10-11,13-16H,3-4,6,9,12,17-21H2,1-2H3,(H,28,32). The van der Waals surface area contributed by atoms with Crippen molar-refractivity contribution in [3.8, 4) is 0 Å². The highest BCUT2D eigenvalue weighted by Gasteiger charge is 2.16. The largest absolute Gasteiger partial charge is 0.356 e. The van der Waals surface area contributed by atoms with Gasteiger partial charge in [0.2, 0.25) is 11.8 Å². The first-order chi connectivity index (χ1) is 16.1. The van der Waals surface area contributed by atoms with Crippen LogP contribution >= 0.6 is 0 Å². The Balaban J connectivity index is 1.45. The maximum Gasteiger partial charge on any atom is 0.242 e. The van der Waals surface area contributed by atoms with Crippen molar-refractivity contribution in [2.24, 2.45) is 0 Å². The van der Waals surface area contributed by atoms with E-state index in [0.717, 1.165) is 49.0 Å². The van der Waals surface area contributed by atoms with E-state index >= 15 is 0 Å². The summed E-state index contributed by atoms with van der Waals surface area (Å²) in [6, 6.07) is 18.1. The van der Waals surface area contributed by atoms with Crippen molar-refractivity contribution < 1.29 is 9.59 Å². The Morgan fingerprint density at radius 1 is 0.909 bits per heavy atom. The molecule has 0 atom stereocenters. The number of hydrogen-bond donors (Lipinski definition) is 1. The highest BCUT2D eigenvalue weighted by atomic mass is 16.2. The van der Waals surface area contributed by atoms with Gasteiger partial charge in [0, 0.05) is 32.5 Å². The van der Waals surface area contributed by atoms with Crippen LogP contribution in [0.1, 0.15) is 50.9 Å². The van der Waals surface area contributed by atoms with Gasteiger partial charge in [0.1, 0.15) is 12.4 Å². The van der Waals surface area contributed by atoms with Crippen molar-refractivity contribution in [1.82, 2.24) is 19.8 Å². The molecule has 1 N–H and O–H groups in total. The molecule has 0 saturated heterocycles. The van der Waals surface area contributed by atoms with Gasteiger partial charge < -0.3 is 14.8 Å². The van der Waals surface area contributed by atoms with Gasteiger partial charge in [-0.05, 0) is 50.8 Å². The van der Waals surface area contributed by atoms with E-state index in [1.807, 2.05) is 61.2 Å². The molecule has 1 heterocycles. The van der Waals surface area contributed by atoms with Gasteiger partial charge in [0.15, 0.2) is 0 Å². The fourth-order valence-electron chi connectivity index (χ4n) is 4.11. The summed E-state index contributed by atoms with van der Waals surface area (Å²) in [5.74, 6) is 1.20. The second kappa shape index (κ2) is 12.8. The van der Waals surface area contributed by atoms with Crippen molar-refractivity contribution in [2.45, 2.75) is 58.9 Å². The molecule has 0 radical (unpaired) electrons. The first-order valence-electron chi connectivity index (χ1n) is 12.1. The van der Waals surface area contributed by atoms with Crippen LogP contribution in [0.25, 0.3) is 11.0 Å². The minimum Gasteiger partial charge on any atom is -0.356 e. The number of imidazole rings is 1. The molecule has 1 aromatic heterocycles. The Bertz CT molecular complexity index is 1030. The molecule has 0 saturated carbocycles. The van der Waals surface area contributed by atoms with E-state index in [0.29, 0.717) is 32.6 Å². The number of para-hydroxylation sites is 2. The summed E-state index contributed by atoms with van der Waals surface area (Å²) in [6.45, 7) is 6.48. The predicted octanol–water partition coefficient (Wildman–Crippen LogP) is 4.37. The Labute approximate surface area is 197 Å². The number of carbonyl (C=O) groups is 2. The molecule has 0 fully saturated rings. The van der Waals surface area contributed by atoms with Gasteiger partial charge in [-0.3, -0.25) is 9.59 Å². The summed E-state index contributed by atoms with van der Waals surface area (Å²) < 4.78 is 2.07. The molecule has 176 valence electrons. The van der Waals surface area contributed by atoms with Crippen LogP contribution in [0.5, 0.6) is 0 Å². The Morgan fingerprint density at radius 3 is 2.39 bits per heavy atom. The van der Waals surface area contributed by atoms with Crippen LogP contribution in [0.15, 0.2) is 54.6 Å². The lowest BCUT2D eigenvalue weighted by Crippen LogP contribution is -2.33. The highest BCUT2D eigenvalue weighted by Crippen LogP contribution is 2.18. The number of nitrogens with zero attached hydrogens (tertiary/aromatic N) is 3. The molecule has 0 bridgehead atoms. The average molecular weight is 449 g/mol. The maximum absolute atomic E-state index is 12.7. The van der Waals surface area contributed by atoms with Gasteiger partial charge in [-0.15, -0.1) is 0 Å². The van der Waals surface area contributed by atoms with Crippen molar-refractivity contribution in [3.63, 3.8) is 0 Å². The summed E-state index contributed by atoms with van der Waals surface area (Å²) in [5.41, 5.74) is 3.14. The molecule has 3 rings (SSSR count). The Morgan fingerprint density at radius 2 is 1.64 bits per heavy atom. The van der Waals surface area contributed by atoms with Crippen LogP contribution in [0.2, 0.25) is 0 Å². The van der Waals surface area contributed by atoms with E-state index in [-0.39, 0.29) is 11.8 Å². The molecule has 6 heteroatoms. The van der Waals surface area contributed by atoms with Crippen LogP contribution in [0.4, 0.5) is 0 Å². The van der Waals surface area contributed by atoms with Crippen LogP contribution in [-0.2, 0) is 29.0 Å². The molecular formula is C27H36N4O2. The number of benzene rings is 2. The summed E-state index contributed by atoms with van der Waals surface area (Å²) in [5, 5.41) is 3.03. The van der Waals surface area contributed by atoms with Gasteiger partial charge >= 0.3 is 0 Å². The first kappa shape index (κ1) is 24.5. The van der Waals surface area contributed by atoms with E-state index in [4.69, 9.17) is 4.98 Å². The number of hydrogen-bond acceptors (Lipinski definition) is 3. The van der Waals surface area contributed by atoms with Crippen molar-refractivity contribution in [3.05, 3.63) is 66.0 Å². The van der Waals surface area contributed by atoms with Crippen molar-refractivity contribution >= 4 is 22.8 Å². The second-order valence-electron chi connectivity index (χ2n) is 8.32. The number of aromatic nitrogens is 2. The lowest BCUT2D eigenvalue weighted by molar-refractivity contribution is -0.131. The zero-order valence-electron chi connectivity index (χ0n) is 19.9. The lowest BCUT2D eigenvalue weighted by Gasteiger charge is -2.20. The third-order valence-corrected chi connectivity index (χ3v) is 6.03. The third-order valence-electron chi connectivity index (χ3n) is 6.03. The summed E-state index contributed by atoms with van der Waals surface area (Å²) in [7, 11) is 0. The number of unbranched alkanes of at least 4 members (excludes halogenated alkanes) is 2. The molecule has 2 aromatic carbocycles. The number of amides is 2. The number of aryl methyl sites for hydroxylation is 2. The normalized spacial score (nSPS) is 11.0. The van der Waals surface area contributed by atoms with E-state index in [9.17, 15) is 9.59 Å². The topological polar surface area (TPSA) is 67.2 Å². The van der Waals surface area contributed by atoms with Gasteiger partial charge in [-0.25, -0.2) is 4.98 Å². The molecule has 6 nitrogen and oxygen atoms in total. The van der Waals surface area contributed by atoms with E-state index in [1.165, 1.54) is 5.56 Å². The van der Waals surface area contributed by atoms with E-state index < -0.39 is 0 Å². The molecule has 33 heavy (non-hydrogen) atoms. The molecule has 3 aromatic rings. The third kappa shape index (κ3) is 7.17. The number of fused-ring (bicyclic) bond motifs is 1. The molecule has 0 aliphatic heterocycles. The van der Waals surface area contributed by atoms with E-state index in [2.05, 4.69) is 22.0 Å².